The predicted molar refractivity (Wildman–Crippen MR) is 117 cm³/mol. The number of likely N-dealkylation sites (N-methyl/N-ethyl adjacent to an activating group) is 1. The number of nitrogens with one attached hydrogen (secondary N) is 1. The average molecular weight is 461 g/mol. The smallest absolute Gasteiger partial charge is 0.304 e. The molecule has 4 aliphatic rings. The van der Waals surface area contributed by atoms with Gasteiger partial charge in [-0.1, -0.05) is 0 Å². The Bertz CT molecular complexity index is 838. The molecule has 30 heavy (non-hydrogen) atoms. The van der Waals surface area contributed by atoms with Crippen molar-refractivity contribution in [3.05, 3.63) is 17.2 Å². The number of carboxylic acids is 1. The lowest BCUT2D eigenvalue weighted by Crippen LogP contribution is -2.68. The number of hydrogen-bond donors (Lipinski definition) is 3. The van der Waals surface area contributed by atoms with Crippen molar-refractivity contribution >= 4 is 30.8 Å². The van der Waals surface area contributed by atoms with Crippen molar-refractivity contribution in [2.75, 3.05) is 27.2 Å². The van der Waals surface area contributed by atoms with E-state index in [2.05, 4.69) is 17.3 Å². The molecule has 2 aliphatic heterocycles. The first-order chi connectivity index (χ1) is 13.5. The highest BCUT2D eigenvalue weighted by molar-refractivity contribution is 5.85. The van der Waals surface area contributed by atoms with Gasteiger partial charge in [-0.2, -0.15) is 0 Å². The van der Waals surface area contributed by atoms with Crippen LogP contribution in [-0.2, 0) is 16.6 Å². The normalized spacial score (nSPS) is 32.9. The Labute approximate surface area is 188 Å². The Hall–Kier alpha value is -1.41. The monoisotopic (exact) mass is 460 g/mol. The number of likely N-dealkylation sites (tertiary alicyclic amines) is 1. The molecule has 0 unspecified atom stereocenters. The fourth-order valence-corrected chi connectivity index (χ4v) is 6.55. The molecule has 5 atom stereocenters. The van der Waals surface area contributed by atoms with E-state index in [1.807, 2.05) is 0 Å². The zero-order chi connectivity index (χ0) is 19.6. The van der Waals surface area contributed by atoms with E-state index >= 15 is 0 Å². The van der Waals surface area contributed by atoms with Crippen LogP contribution in [0, 0.1) is 5.92 Å². The number of carbonyl (C=O) groups is 1. The summed E-state index contributed by atoms with van der Waals surface area (Å²) in [4.78, 5) is 13.4. The molecule has 7 nitrogen and oxygen atoms in total. The zero-order valence-corrected chi connectivity index (χ0v) is 18.9. The van der Waals surface area contributed by atoms with Crippen LogP contribution in [0.1, 0.15) is 36.8 Å². The van der Waals surface area contributed by atoms with Crippen molar-refractivity contribution in [3.63, 3.8) is 0 Å². The Morgan fingerprint density at radius 1 is 1.40 bits per heavy atom. The van der Waals surface area contributed by atoms with E-state index in [0.29, 0.717) is 24.3 Å². The van der Waals surface area contributed by atoms with Gasteiger partial charge in [-0.05, 0) is 45.2 Å². The molecule has 0 radical (unpaired) electrons. The third-order valence-electron chi connectivity index (χ3n) is 7.65. The van der Waals surface area contributed by atoms with Crippen LogP contribution >= 0.6 is 24.8 Å². The van der Waals surface area contributed by atoms with E-state index in [1.54, 1.807) is 13.2 Å². The maximum atomic E-state index is 11.0. The molecule has 2 heterocycles. The lowest BCUT2D eigenvalue weighted by Gasteiger charge is -2.59. The van der Waals surface area contributed by atoms with Crippen LogP contribution in [0.4, 0.5) is 0 Å². The van der Waals surface area contributed by atoms with E-state index in [9.17, 15) is 9.90 Å². The Kier molecular flexibility index (Phi) is 6.41. The summed E-state index contributed by atoms with van der Waals surface area (Å²) in [5.41, 5.74) is 2.20. The molecule has 2 aliphatic carbocycles. The minimum atomic E-state index is -0.795. The molecule has 3 N–H and O–H groups in total. The number of nitrogens with zero attached hydrogens (tertiary/aromatic N) is 1. The van der Waals surface area contributed by atoms with Crippen LogP contribution in [0.3, 0.4) is 0 Å². The van der Waals surface area contributed by atoms with Crippen molar-refractivity contribution < 1.29 is 24.5 Å². The van der Waals surface area contributed by atoms with Crippen LogP contribution in [0.25, 0.3) is 0 Å². The van der Waals surface area contributed by atoms with Crippen molar-refractivity contribution in [3.8, 4) is 17.2 Å². The van der Waals surface area contributed by atoms with Crippen LogP contribution in [0.5, 0.6) is 17.2 Å². The van der Waals surface area contributed by atoms with Gasteiger partial charge in [-0.15, -0.1) is 24.8 Å². The van der Waals surface area contributed by atoms with Crippen LogP contribution in [-0.4, -0.2) is 66.5 Å². The van der Waals surface area contributed by atoms with E-state index in [4.69, 9.17) is 14.6 Å². The molecule has 1 aromatic rings. The quantitative estimate of drug-likeness (QED) is 0.620. The largest absolute Gasteiger partial charge is 0.504 e. The molecular formula is C21H30Cl2N2O5. The number of aliphatic carboxylic acids is 1. The van der Waals surface area contributed by atoms with E-state index in [1.165, 1.54) is 5.56 Å². The second-order valence-electron chi connectivity index (χ2n) is 8.75. The molecule has 9 heteroatoms. The summed E-state index contributed by atoms with van der Waals surface area (Å²) < 4.78 is 12.1. The number of halogens is 2. The Morgan fingerprint density at radius 3 is 2.87 bits per heavy atom. The molecule has 0 amide bonds. The summed E-state index contributed by atoms with van der Waals surface area (Å²) in [5.74, 6) is 1.21. The first kappa shape index (κ1) is 23.3. The predicted octanol–water partition coefficient (Wildman–Crippen LogP) is 2.35. The lowest BCUT2D eigenvalue weighted by atomic mass is 9.51. The van der Waals surface area contributed by atoms with Crippen LogP contribution in [0.2, 0.25) is 0 Å². The number of rotatable bonds is 5. The number of piperidine rings is 1. The molecule has 1 spiro atoms. The fourth-order valence-electron chi connectivity index (χ4n) is 6.55. The van der Waals surface area contributed by atoms with Gasteiger partial charge in [0, 0.05) is 41.2 Å². The highest BCUT2D eigenvalue weighted by Gasteiger charge is 2.65. The van der Waals surface area contributed by atoms with Gasteiger partial charge in [-0.25, -0.2) is 0 Å². The third-order valence-corrected chi connectivity index (χ3v) is 7.65. The average Bonchev–Trinajstić information content (AvgIpc) is 3.02. The number of phenols is 1. The second kappa shape index (κ2) is 8.26. The maximum absolute atomic E-state index is 11.0. The molecule has 1 aromatic carbocycles. The number of carboxylic acid groups (broad SMARTS) is 1. The minimum absolute atomic E-state index is 0. The first-order valence-corrected chi connectivity index (χ1v) is 10.2. The molecule has 0 aromatic heterocycles. The van der Waals surface area contributed by atoms with Gasteiger partial charge in [-0.3, -0.25) is 4.79 Å². The van der Waals surface area contributed by atoms with Crippen molar-refractivity contribution in [2.45, 2.75) is 55.7 Å². The summed E-state index contributed by atoms with van der Waals surface area (Å²) in [7, 11) is 3.86. The summed E-state index contributed by atoms with van der Waals surface area (Å²) in [6.07, 6.45) is 3.96. The van der Waals surface area contributed by atoms with Crippen molar-refractivity contribution in [1.82, 2.24) is 10.2 Å². The lowest BCUT2D eigenvalue weighted by molar-refractivity contribution is -0.137. The standard InChI is InChI=1S/C21H28N2O5.2ClH/c1-23-8-6-21-12-3-4-13(22-7-5-17(25)26)20(21)28-19-15(24)10-16(27-2)11(18(19)21)9-14(12)23;;/h10,12-14,20,22,24H,3-9H2,1-2H3,(H,25,26);2*1H/t12-,13+,14+,20-,21-;;/m0../s1. The van der Waals surface area contributed by atoms with E-state index < -0.39 is 5.97 Å². The number of ether oxygens (including phenoxy) is 2. The van der Waals surface area contributed by atoms with Gasteiger partial charge in [0.05, 0.1) is 13.5 Å². The molecule has 168 valence electrons. The number of hydrogen-bond acceptors (Lipinski definition) is 6. The summed E-state index contributed by atoms with van der Waals surface area (Å²) in [5, 5.41) is 23.1. The van der Waals surface area contributed by atoms with Crippen molar-refractivity contribution in [2.24, 2.45) is 5.92 Å². The van der Waals surface area contributed by atoms with Gasteiger partial charge in [0.25, 0.3) is 0 Å². The molecule has 5 rings (SSSR count). The molecular weight excluding hydrogens is 431 g/mol. The van der Waals surface area contributed by atoms with E-state index in [0.717, 1.165) is 43.5 Å². The maximum Gasteiger partial charge on any atom is 0.304 e. The van der Waals surface area contributed by atoms with Gasteiger partial charge in [0.2, 0.25) is 0 Å². The Balaban J connectivity index is 0.00000128. The highest BCUT2D eigenvalue weighted by Crippen LogP contribution is 2.65. The third kappa shape index (κ3) is 3.05. The van der Waals surface area contributed by atoms with Gasteiger partial charge in [0.1, 0.15) is 11.9 Å². The topological polar surface area (TPSA) is 91.3 Å². The van der Waals surface area contributed by atoms with Gasteiger partial charge in [0.15, 0.2) is 11.5 Å². The van der Waals surface area contributed by atoms with Gasteiger partial charge >= 0.3 is 5.97 Å². The SMILES string of the molecule is COc1cc(O)c2c3c1C[C@@H]1[C@@H]4CC[C@@H](NCCC(=O)O)[C@H](O2)[C@]34CCN1C.Cl.Cl. The second-order valence-corrected chi connectivity index (χ2v) is 8.75. The summed E-state index contributed by atoms with van der Waals surface area (Å²) in [6.45, 7) is 1.43. The van der Waals surface area contributed by atoms with Crippen LogP contribution < -0.4 is 14.8 Å². The molecule has 1 saturated heterocycles. The van der Waals surface area contributed by atoms with Crippen molar-refractivity contribution in [1.29, 1.82) is 0 Å². The fraction of sp³-hybridized carbons (Fsp3) is 0.667. The molecule has 1 saturated carbocycles. The number of aromatic hydroxyl groups is 1. The molecule has 2 fully saturated rings. The Morgan fingerprint density at radius 2 is 2.17 bits per heavy atom. The number of methoxy groups -OCH3 is 1. The van der Waals surface area contributed by atoms with E-state index in [-0.39, 0.29) is 54.5 Å². The zero-order valence-electron chi connectivity index (χ0n) is 17.2. The highest BCUT2D eigenvalue weighted by atomic mass is 35.5. The van der Waals surface area contributed by atoms with Gasteiger partial charge < -0.3 is 29.9 Å². The first-order valence-electron chi connectivity index (χ1n) is 10.2. The number of phenolic OH excluding ortho intramolecular Hbond substituents is 1. The minimum Gasteiger partial charge on any atom is -0.504 e. The molecule has 2 bridgehead atoms. The summed E-state index contributed by atoms with van der Waals surface area (Å²) in [6, 6.07) is 2.21. The summed E-state index contributed by atoms with van der Waals surface area (Å²) >= 11 is 0. The van der Waals surface area contributed by atoms with Crippen LogP contribution in [0.15, 0.2) is 6.07 Å². The number of benzene rings is 1.